The van der Waals surface area contributed by atoms with Crippen molar-refractivity contribution < 1.29 is 13.9 Å². The van der Waals surface area contributed by atoms with Crippen molar-refractivity contribution in [3.63, 3.8) is 0 Å². The van der Waals surface area contributed by atoms with Gasteiger partial charge in [-0.1, -0.05) is 19.1 Å². The van der Waals surface area contributed by atoms with Crippen LogP contribution in [0.1, 0.15) is 38.2 Å². The number of halogens is 1. The number of hydrogen-bond donors (Lipinski definition) is 0. The molecule has 0 saturated heterocycles. The molecule has 0 amide bonds. The van der Waals surface area contributed by atoms with Crippen LogP contribution < -0.4 is 9.47 Å². The molecule has 18 heavy (non-hydrogen) atoms. The van der Waals surface area contributed by atoms with Gasteiger partial charge in [0.2, 0.25) is 0 Å². The first-order chi connectivity index (χ1) is 8.76. The fourth-order valence-corrected chi connectivity index (χ4v) is 2.21. The molecule has 1 heterocycles. The first kappa shape index (κ1) is 12.9. The molecule has 3 heteroatoms. The van der Waals surface area contributed by atoms with E-state index in [2.05, 4.69) is 13.0 Å². The molecular formula is C15H19FO2. The van der Waals surface area contributed by atoms with E-state index in [4.69, 9.17) is 9.47 Å². The van der Waals surface area contributed by atoms with Gasteiger partial charge in [0.1, 0.15) is 19.0 Å². The zero-order valence-corrected chi connectivity index (χ0v) is 10.9. The average Bonchev–Trinajstić information content (AvgIpc) is 2.40. The predicted molar refractivity (Wildman–Crippen MR) is 69.9 cm³/mol. The largest absolute Gasteiger partial charge is 0.486 e. The molecule has 0 aliphatic carbocycles. The summed E-state index contributed by atoms with van der Waals surface area (Å²) in [4.78, 5) is 0. The van der Waals surface area contributed by atoms with Gasteiger partial charge >= 0.3 is 0 Å². The van der Waals surface area contributed by atoms with E-state index in [9.17, 15) is 4.39 Å². The van der Waals surface area contributed by atoms with Gasteiger partial charge in [0.25, 0.3) is 0 Å². The van der Waals surface area contributed by atoms with Crippen molar-refractivity contribution in [3.05, 3.63) is 35.7 Å². The Bertz CT molecular complexity index is 440. The quantitative estimate of drug-likeness (QED) is 0.750. The van der Waals surface area contributed by atoms with Gasteiger partial charge in [-0.15, -0.1) is 0 Å². The molecule has 1 aliphatic rings. The van der Waals surface area contributed by atoms with Crippen LogP contribution in [-0.4, -0.2) is 13.2 Å². The lowest BCUT2D eigenvalue weighted by atomic mass is 9.92. The molecule has 0 saturated carbocycles. The van der Waals surface area contributed by atoms with Crippen molar-refractivity contribution in [2.24, 2.45) is 0 Å². The summed E-state index contributed by atoms with van der Waals surface area (Å²) >= 11 is 0. The van der Waals surface area contributed by atoms with Gasteiger partial charge in [-0.2, -0.15) is 0 Å². The van der Waals surface area contributed by atoms with E-state index in [0.29, 0.717) is 24.7 Å². The highest BCUT2D eigenvalue weighted by molar-refractivity contribution is 5.45. The fraction of sp³-hybridized carbons (Fsp3) is 0.467. The van der Waals surface area contributed by atoms with Crippen molar-refractivity contribution in [1.29, 1.82) is 0 Å². The molecule has 1 aromatic rings. The summed E-state index contributed by atoms with van der Waals surface area (Å²) in [5.74, 6) is 1.17. The molecule has 0 N–H and O–H groups in total. The van der Waals surface area contributed by atoms with E-state index in [-0.39, 0.29) is 11.7 Å². The van der Waals surface area contributed by atoms with Crippen molar-refractivity contribution in [2.45, 2.75) is 32.6 Å². The van der Waals surface area contributed by atoms with Gasteiger partial charge < -0.3 is 9.47 Å². The normalized spacial score (nSPS) is 15.9. The molecule has 1 aliphatic heterocycles. The van der Waals surface area contributed by atoms with Gasteiger partial charge in [-0.05, 0) is 37.3 Å². The molecule has 0 bridgehead atoms. The molecule has 2 rings (SSSR count). The minimum atomic E-state index is -0.199. The highest BCUT2D eigenvalue weighted by Gasteiger charge is 2.19. The second-order valence-corrected chi connectivity index (χ2v) is 4.43. The third-order valence-electron chi connectivity index (χ3n) is 3.25. The number of allylic oxidation sites excluding steroid dienone is 2. The van der Waals surface area contributed by atoms with Crippen molar-refractivity contribution in [3.8, 4) is 11.5 Å². The van der Waals surface area contributed by atoms with Crippen LogP contribution >= 0.6 is 0 Å². The predicted octanol–water partition coefficient (Wildman–Crippen LogP) is 4.06. The molecule has 1 unspecified atom stereocenters. The number of hydrogen-bond acceptors (Lipinski definition) is 2. The maximum atomic E-state index is 14.1. The molecule has 0 aromatic heterocycles. The number of rotatable bonds is 4. The Hall–Kier alpha value is -1.51. The standard InChI is InChI=1S/C15H19FO2/c1-3-5-6-11(4-2)12-9-14-15(10-13(12)16)18-8-7-17-14/h3,5,9-11H,4,6-8H2,1-2H3/b5-3-. The van der Waals surface area contributed by atoms with Crippen LogP contribution in [0, 0.1) is 5.82 Å². The maximum Gasteiger partial charge on any atom is 0.164 e. The van der Waals surface area contributed by atoms with Crippen LogP contribution in [0.25, 0.3) is 0 Å². The maximum absolute atomic E-state index is 14.1. The summed E-state index contributed by atoms with van der Waals surface area (Å²) in [7, 11) is 0. The van der Waals surface area contributed by atoms with Crippen molar-refractivity contribution >= 4 is 0 Å². The zero-order chi connectivity index (χ0) is 13.0. The molecule has 0 radical (unpaired) electrons. The Morgan fingerprint density at radius 3 is 2.56 bits per heavy atom. The molecule has 0 spiro atoms. The van der Waals surface area contributed by atoms with Crippen LogP contribution in [0.5, 0.6) is 11.5 Å². The van der Waals surface area contributed by atoms with Gasteiger partial charge in [-0.25, -0.2) is 4.39 Å². The van der Waals surface area contributed by atoms with Crippen molar-refractivity contribution in [2.75, 3.05) is 13.2 Å². The molecule has 1 aromatic carbocycles. The summed E-state index contributed by atoms with van der Waals surface area (Å²) in [6, 6.07) is 3.24. The molecule has 1 atom stereocenters. The van der Waals surface area contributed by atoms with E-state index in [1.54, 1.807) is 6.07 Å². The average molecular weight is 250 g/mol. The second-order valence-electron chi connectivity index (χ2n) is 4.43. The van der Waals surface area contributed by atoms with E-state index in [1.807, 2.05) is 13.0 Å². The topological polar surface area (TPSA) is 18.5 Å². The van der Waals surface area contributed by atoms with Crippen LogP contribution in [0.15, 0.2) is 24.3 Å². The third-order valence-corrected chi connectivity index (χ3v) is 3.25. The molecular weight excluding hydrogens is 231 g/mol. The van der Waals surface area contributed by atoms with Gasteiger partial charge in [0, 0.05) is 6.07 Å². The van der Waals surface area contributed by atoms with Gasteiger partial charge in [-0.3, -0.25) is 0 Å². The SMILES string of the molecule is C/C=C\CC(CC)c1cc2c(cc1F)OCCO2. The zero-order valence-electron chi connectivity index (χ0n) is 10.9. The molecule has 98 valence electrons. The number of benzene rings is 1. The monoisotopic (exact) mass is 250 g/mol. The van der Waals surface area contributed by atoms with Crippen molar-refractivity contribution in [1.82, 2.24) is 0 Å². The Kier molecular flexibility index (Phi) is 4.24. The van der Waals surface area contributed by atoms with Crippen LogP contribution in [-0.2, 0) is 0 Å². The lowest BCUT2D eigenvalue weighted by Gasteiger charge is -2.21. The van der Waals surface area contributed by atoms with Crippen LogP contribution in [0.2, 0.25) is 0 Å². The third kappa shape index (κ3) is 2.66. The Morgan fingerprint density at radius 2 is 1.94 bits per heavy atom. The van der Waals surface area contributed by atoms with E-state index in [1.165, 1.54) is 6.07 Å². The highest BCUT2D eigenvalue weighted by atomic mass is 19.1. The smallest absolute Gasteiger partial charge is 0.164 e. The van der Waals surface area contributed by atoms with Gasteiger partial charge in [0.15, 0.2) is 11.5 Å². The lowest BCUT2D eigenvalue weighted by molar-refractivity contribution is 0.170. The summed E-state index contributed by atoms with van der Waals surface area (Å²) in [6.07, 6.45) is 5.83. The second kappa shape index (κ2) is 5.89. The number of ether oxygens (including phenoxy) is 2. The Labute approximate surface area is 107 Å². The Balaban J connectivity index is 2.31. The lowest BCUT2D eigenvalue weighted by Crippen LogP contribution is -2.16. The molecule has 2 nitrogen and oxygen atoms in total. The minimum absolute atomic E-state index is 0.192. The van der Waals surface area contributed by atoms with E-state index in [0.717, 1.165) is 18.4 Å². The summed E-state index contributed by atoms with van der Waals surface area (Å²) in [5.41, 5.74) is 0.722. The minimum Gasteiger partial charge on any atom is -0.486 e. The Morgan fingerprint density at radius 1 is 1.28 bits per heavy atom. The van der Waals surface area contributed by atoms with Gasteiger partial charge in [0.05, 0.1) is 0 Å². The van der Waals surface area contributed by atoms with E-state index < -0.39 is 0 Å². The summed E-state index contributed by atoms with van der Waals surface area (Å²) in [5, 5.41) is 0. The number of fused-ring (bicyclic) bond motifs is 1. The molecule has 0 fully saturated rings. The first-order valence-electron chi connectivity index (χ1n) is 6.46. The highest BCUT2D eigenvalue weighted by Crippen LogP contribution is 2.37. The summed E-state index contributed by atoms with van der Waals surface area (Å²) in [6.45, 7) is 5.07. The van der Waals surface area contributed by atoms with Crippen LogP contribution in [0.3, 0.4) is 0 Å². The van der Waals surface area contributed by atoms with E-state index >= 15 is 0 Å². The summed E-state index contributed by atoms with van der Waals surface area (Å²) < 4.78 is 25.0. The first-order valence-corrected chi connectivity index (χ1v) is 6.46. The fourth-order valence-electron chi connectivity index (χ4n) is 2.21. The van der Waals surface area contributed by atoms with Crippen LogP contribution in [0.4, 0.5) is 4.39 Å².